The van der Waals surface area contributed by atoms with Crippen LogP contribution in [0.3, 0.4) is 0 Å². The molecule has 0 fully saturated rings. The fourth-order valence-electron chi connectivity index (χ4n) is 1.94. The third-order valence-corrected chi connectivity index (χ3v) is 4.23. The van der Waals surface area contributed by atoms with Gasteiger partial charge in [0, 0.05) is 6.23 Å². The Bertz CT molecular complexity index is 503. The SMILES string of the molecule is C=Cc1ccc(-c2ccccc2[SiH2]CO)cc1. The Morgan fingerprint density at radius 3 is 2.41 bits per heavy atom. The molecule has 0 aliphatic carbocycles. The topological polar surface area (TPSA) is 20.2 Å². The zero-order chi connectivity index (χ0) is 12.1. The van der Waals surface area contributed by atoms with Crippen molar-refractivity contribution < 1.29 is 5.11 Å². The predicted molar refractivity (Wildman–Crippen MR) is 77.2 cm³/mol. The maximum atomic E-state index is 9.12. The van der Waals surface area contributed by atoms with Crippen LogP contribution in [0.5, 0.6) is 0 Å². The summed E-state index contributed by atoms with van der Waals surface area (Å²) in [7, 11) is -0.553. The van der Waals surface area contributed by atoms with Crippen molar-refractivity contribution in [3.05, 3.63) is 60.7 Å². The first kappa shape index (κ1) is 11.8. The van der Waals surface area contributed by atoms with Gasteiger partial charge in [-0.15, -0.1) is 0 Å². The quantitative estimate of drug-likeness (QED) is 0.807. The molecule has 0 amide bonds. The lowest BCUT2D eigenvalue weighted by Gasteiger charge is -2.08. The van der Waals surface area contributed by atoms with Crippen LogP contribution in [-0.4, -0.2) is 20.9 Å². The normalized spacial score (nSPS) is 10.9. The molecule has 2 heteroatoms. The van der Waals surface area contributed by atoms with Crippen molar-refractivity contribution in [1.29, 1.82) is 0 Å². The average molecular weight is 240 g/mol. The molecular weight excluding hydrogens is 224 g/mol. The highest BCUT2D eigenvalue weighted by Gasteiger charge is 2.03. The molecule has 0 spiro atoms. The van der Waals surface area contributed by atoms with Gasteiger partial charge >= 0.3 is 0 Å². The molecule has 0 aromatic heterocycles. The highest BCUT2D eigenvalue weighted by Crippen LogP contribution is 2.18. The molecule has 17 heavy (non-hydrogen) atoms. The van der Waals surface area contributed by atoms with Gasteiger partial charge in [0.2, 0.25) is 0 Å². The average Bonchev–Trinajstić information content (AvgIpc) is 2.40. The van der Waals surface area contributed by atoms with E-state index in [9.17, 15) is 0 Å². The van der Waals surface area contributed by atoms with Gasteiger partial charge in [0.05, 0.1) is 9.52 Å². The van der Waals surface area contributed by atoms with Crippen LogP contribution < -0.4 is 5.19 Å². The maximum Gasteiger partial charge on any atom is 0.0853 e. The largest absolute Gasteiger partial charge is 0.400 e. The summed E-state index contributed by atoms with van der Waals surface area (Å²) in [4.78, 5) is 0. The number of aliphatic hydroxyl groups excluding tert-OH is 1. The Hall–Kier alpha value is -1.64. The Kier molecular flexibility index (Phi) is 3.91. The second-order valence-electron chi connectivity index (χ2n) is 3.96. The molecule has 0 aliphatic rings. The summed E-state index contributed by atoms with van der Waals surface area (Å²) in [6, 6.07) is 16.7. The van der Waals surface area contributed by atoms with Crippen molar-refractivity contribution in [2.45, 2.75) is 0 Å². The lowest BCUT2D eigenvalue weighted by Crippen LogP contribution is -2.20. The molecule has 0 radical (unpaired) electrons. The lowest BCUT2D eigenvalue weighted by molar-refractivity contribution is 0.367. The monoisotopic (exact) mass is 240 g/mol. The van der Waals surface area contributed by atoms with Gasteiger partial charge < -0.3 is 5.11 Å². The van der Waals surface area contributed by atoms with E-state index in [2.05, 4.69) is 43.0 Å². The van der Waals surface area contributed by atoms with Crippen LogP contribution in [0.1, 0.15) is 5.56 Å². The first-order chi connectivity index (χ1) is 8.35. The van der Waals surface area contributed by atoms with Crippen LogP contribution in [0.25, 0.3) is 17.2 Å². The van der Waals surface area contributed by atoms with Gasteiger partial charge in [-0.2, -0.15) is 0 Å². The van der Waals surface area contributed by atoms with Gasteiger partial charge in [-0.05, 0) is 16.7 Å². The van der Waals surface area contributed by atoms with Crippen molar-refractivity contribution in [3.63, 3.8) is 0 Å². The van der Waals surface area contributed by atoms with Gasteiger partial charge in [-0.1, -0.05) is 66.4 Å². The van der Waals surface area contributed by atoms with E-state index in [1.165, 1.54) is 16.3 Å². The number of benzene rings is 2. The van der Waals surface area contributed by atoms with E-state index in [0.717, 1.165) is 5.56 Å². The number of hydrogen-bond acceptors (Lipinski definition) is 1. The number of hydrogen-bond donors (Lipinski definition) is 1. The minimum Gasteiger partial charge on any atom is -0.400 e. The van der Waals surface area contributed by atoms with E-state index in [1.54, 1.807) is 0 Å². The predicted octanol–water partition coefficient (Wildman–Crippen LogP) is 1.74. The molecule has 0 unspecified atom stereocenters. The molecule has 0 heterocycles. The van der Waals surface area contributed by atoms with E-state index in [4.69, 9.17) is 5.11 Å². The van der Waals surface area contributed by atoms with E-state index in [1.807, 2.05) is 18.2 Å². The van der Waals surface area contributed by atoms with Crippen LogP contribution in [-0.2, 0) is 0 Å². The fraction of sp³-hybridized carbons (Fsp3) is 0.0667. The van der Waals surface area contributed by atoms with Gasteiger partial charge in [0.1, 0.15) is 0 Å². The van der Waals surface area contributed by atoms with Crippen LogP contribution in [0.2, 0.25) is 0 Å². The molecule has 2 rings (SSSR count). The Morgan fingerprint density at radius 2 is 1.76 bits per heavy atom. The summed E-state index contributed by atoms with van der Waals surface area (Å²) in [5.74, 6) is 0. The van der Waals surface area contributed by atoms with E-state index >= 15 is 0 Å². The molecular formula is C15H16OSi. The lowest BCUT2D eigenvalue weighted by atomic mass is 10.0. The minimum absolute atomic E-state index is 0.321. The van der Waals surface area contributed by atoms with E-state index in [0.29, 0.717) is 6.23 Å². The highest BCUT2D eigenvalue weighted by molar-refractivity contribution is 6.55. The van der Waals surface area contributed by atoms with Crippen LogP contribution in [0.4, 0.5) is 0 Å². The molecule has 1 N–H and O–H groups in total. The molecule has 2 aromatic carbocycles. The molecule has 0 saturated carbocycles. The molecule has 0 bridgehead atoms. The van der Waals surface area contributed by atoms with Gasteiger partial charge in [-0.3, -0.25) is 0 Å². The first-order valence-electron chi connectivity index (χ1n) is 5.77. The maximum absolute atomic E-state index is 9.12. The standard InChI is InChI=1S/C15H16OSi/c1-2-12-7-9-13(10-8-12)14-5-3-4-6-15(14)17-11-16/h2-10,16H,1,11,17H2. The Balaban J connectivity index is 2.40. The zero-order valence-corrected chi connectivity index (χ0v) is 11.2. The van der Waals surface area contributed by atoms with Gasteiger partial charge in [0.15, 0.2) is 0 Å². The summed E-state index contributed by atoms with van der Waals surface area (Å²) in [5.41, 5.74) is 3.60. The second kappa shape index (κ2) is 5.62. The van der Waals surface area contributed by atoms with Crippen molar-refractivity contribution >= 4 is 20.8 Å². The molecule has 2 aromatic rings. The van der Waals surface area contributed by atoms with Crippen molar-refractivity contribution in [2.75, 3.05) is 6.23 Å². The highest BCUT2D eigenvalue weighted by atomic mass is 28.2. The summed E-state index contributed by atoms with van der Waals surface area (Å²) < 4.78 is 0. The van der Waals surface area contributed by atoms with Crippen molar-refractivity contribution in [3.8, 4) is 11.1 Å². The molecule has 0 atom stereocenters. The summed E-state index contributed by atoms with van der Waals surface area (Å²) in [6.45, 7) is 3.75. The second-order valence-corrected chi connectivity index (χ2v) is 5.67. The number of rotatable bonds is 4. The Morgan fingerprint density at radius 1 is 1.06 bits per heavy atom. The van der Waals surface area contributed by atoms with E-state index in [-0.39, 0.29) is 0 Å². The van der Waals surface area contributed by atoms with Crippen molar-refractivity contribution in [1.82, 2.24) is 0 Å². The smallest absolute Gasteiger partial charge is 0.0853 e. The molecule has 1 nitrogen and oxygen atoms in total. The molecule has 0 aliphatic heterocycles. The van der Waals surface area contributed by atoms with Gasteiger partial charge in [0.25, 0.3) is 0 Å². The van der Waals surface area contributed by atoms with Crippen LogP contribution >= 0.6 is 0 Å². The third kappa shape index (κ3) is 2.73. The Labute approximate surface area is 104 Å². The van der Waals surface area contributed by atoms with Crippen molar-refractivity contribution in [2.24, 2.45) is 0 Å². The number of aliphatic hydroxyl groups is 1. The summed E-state index contributed by atoms with van der Waals surface area (Å²) in [5, 5.41) is 10.4. The van der Waals surface area contributed by atoms with Crippen LogP contribution in [0, 0.1) is 0 Å². The summed E-state index contributed by atoms with van der Waals surface area (Å²) >= 11 is 0. The van der Waals surface area contributed by atoms with Gasteiger partial charge in [-0.25, -0.2) is 0 Å². The zero-order valence-electron chi connectivity index (χ0n) is 9.76. The fourth-order valence-corrected chi connectivity index (χ4v) is 3.07. The molecule has 86 valence electrons. The van der Waals surface area contributed by atoms with Crippen LogP contribution in [0.15, 0.2) is 55.1 Å². The summed E-state index contributed by atoms with van der Waals surface area (Å²) in [6.07, 6.45) is 2.17. The minimum atomic E-state index is -0.553. The first-order valence-corrected chi connectivity index (χ1v) is 7.47. The third-order valence-electron chi connectivity index (χ3n) is 2.86. The molecule has 0 saturated heterocycles. The van der Waals surface area contributed by atoms with E-state index < -0.39 is 9.52 Å².